The van der Waals surface area contributed by atoms with Crippen molar-refractivity contribution in [2.24, 2.45) is 5.41 Å². The zero-order valence-electron chi connectivity index (χ0n) is 17.8. The summed E-state index contributed by atoms with van der Waals surface area (Å²) in [5.74, 6) is -17.4. The van der Waals surface area contributed by atoms with E-state index in [-0.39, 0.29) is 7.11 Å². The van der Waals surface area contributed by atoms with Crippen molar-refractivity contribution in [1.29, 1.82) is 0 Å². The highest BCUT2D eigenvalue weighted by Crippen LogP contribution is 2.64. The van der Waals surface area contributed by atoms with Gasteiger partial charge in [0.1, 0.15) is 0 Å². The molecule has 0 rings (SSSR count). The van der Waals surface area contributed by atoms with E-state index in [1.165, 1.54) is 0 Å². The molecule has 0 aliphatic carbocycles. The molecular formula is C16H17F15O4. The fraction of sp³-hybridized carbons (Fsp3) is 0.812. The topological polar surface area (TPSA) is 44.8 Å². The molecule has 0 amide bonds. The number of alkyl halides is 15. The van der Waals surface area contributed by atoms with Gasteiger partial charge in [0.25, 0.3) is 23.2 Å². The molecule has 0 radical (unpaired) electrons. The quantitative estimate of drug-likeness (QED) is 0.171. The lowest BCUT2D eigenvalue weighted by molar-refractivity contribution is -0.479. The zero-order valence-corrected chi connectivity index (χ0v) is 17.8. The minimum Gasteiger partial charge on any atom is -0.453 e. The summed E-state index contributed by atoms with van der Waals surface area (Å²) in [6.07, 6.45) is -21.7. The maximum absolute atomic E-state index is 12.8. The van der Waals surface area contributed by atoms with Crippen molar-refractivity contribution in [3.8, 4) is 0 Å². The van der Waals surface area contributed by atoms with Crippen LogP contribution in [-0.2, 0) is 19.0 Å². The molecule has 0 spiro atoms. The maximum atomic E-state index is 12.8. The largest absolute Gasteiger partial charge is 0.453 e. The minimum absolute atomic E-state index is 0.174. The van der Waals surface area contributed by atoms with Gasteiger partial charge in [-0.15, -0.1) is 0 Å². The highest BCUT2D eigenvalue weighted by molar-refractivity contribution is 5.81. The second-order valence-corrected chi connectivity index (χ2v) is 6.70. The molecule has 35 heavy (non-hydrogen) atoms. The summed E-state index contributed by atoms with van der Waals surface area (Å²) in [5, 5.41) is 0. The third-order valence-corrected chi connectivity index (χ3v) is 3.82. The first kappa shape index (κ1) is 35.2. The Morgan fingerprint density at radius 3 is 1.26 bits per heavy atom. The van der Waals surface area contributed by atoms with E-state index >= 15 is 0 Å². The molecule has 0 atom stereocenters. The molecule has 0 aromatic rings. The summed E-state index contributed by atoms with van der Waals surface area (Å²) in [5.41, 5.74) is -5.75. The number of hydrogen-bond acceptors (Lipinski definition) is 4. The highest BCUT2D eigenvalue weighted by atomic mass is 19.4. The van der Waals surface area contributed by atoms with Gasteiger partial charge in [-0.2, -0.15) is 39.5 Å². The average Bonchev–Trinajstić information content (AvgIpc) is 2.53. The Morgan fingerprint density at radius 1 is 0.714 bits per heavy atom. The van der Waals surface area contributed by atoms with Crippen molar-refractivity contribution in [3.05, 3.63) is 12.7 Å². The van der Waals surface area contributed by atoms with E-state index in [2.05, 4.69) is 20.8 Å². The number of rotatable bonds is 10. The van der Waals surface area contributed by atoms with Crippen LogP contribution >= 0.6 is 0 Å². The van der Waals surface area contributed by atoms with Crippen LogP contribution in [0.5, 0.6) is 0 Å². The standard InChI is InChI=1S/C8H9F9.C8H8F6O4/c1-4(9,10)7(5(2,11)12,6(3,13)14)8(15,16)17;1-3-5(15)17-4-6(9,10)18-8(13,14)7(11,12)16-2/h1-3H3;3H,1,4H2,2H3. The lowest BCUT2D eigenvalue weighted by Crippen LogP contribution is -2.68. The van der Waals surface area contributed by atoms with E-state index in [1.807, 2.05) is 0 Å². The van der Waals surface area contributed by atoms with Crippen molar-refractivity contribution in [2.75, 3.05) is 13.7 Å². The van der Waals surface area contributed by atoms with Gasteiger partial charge in [-0.25, -0.2) is 35.9 Å². The van der Waals surface area contributed by atoms with E-state index in [1.54, 1.807) is 0 Å². The molecule has 0 aliphatic heterocycles. The Hall–Kier alpha value is -1.92. The fourth-order valence-electron chi connectivity index (χ4n) is 2.51. The third kappa shape index (κ3) is 8.04. The summed E-state index contributed by atoms with van der Waals surface area (Å²) >= 11 is 0. The molecule has 0 aromatic carbocycles. The van der Waals surface area contributed by atoms with E-state index in [0.29, 0.717) is 6.08 Å². The second-order valence-electron chi connectivity index (χ2n) is 6.70. The van der Waals surface area contributed by atoms with Gasteiger partial charge in [0.15, 0.2) is 6.61 Å². The van der Waals surface area contributed by atoms with E-state index in [4.69, 9.17) is 0 Å². The molecule has 210 valence electrons. The molecule has 0 N–H and O–H groups in total. The van der Waals surface area contributed by atoms with E-state index in [0.717, 1.165) is 0 Å². The molecule has 0 saturated heterocycles. The van der Waals surface area contributed by atoms with Crippen LogP contribution in [0.15, 0.2) is 12.7 Å². The van der Waals surface area contributed by atoms with Crippen LogP contribution in [-0.4, -0.2) is 62.0 Å². The van der Waals surface area contributed by atoms with E-state index in [9.17, 15) is 70.7 Å². The van der Waals surface area contributed by atoms with Crippen LogP contribution in [0.25, 0.3) is 0 Å². The summed E-state index contributed by atoms with van der Waals surface area (Å²) in [6.45, 7) is -0.945. The maximum Gasteiger partial charge on any atom is 0.452 e. The Balaban J connectivity index is 0. The second kappa shape index (κ2) is 10.6. The number of hydrogen-bond donors (Lipinski definition) is 0. The van der Waals surface area contributed by atoms with Gasteiger partial charge >= 0.3 is 30.5 Å². The number of carbonyl (C=O) groups excluding carboxylic acids is 1. The van der Waals surface area contributed by atoms with Crippen LogP contribution in [0, 0.1) is 5.41 Å². The third-order valence-electron chi connectivity index (χ3n) is 3.82. The Bertz CT molecular complexity index is 653. The van der Waals surface area contributed by atoms with Crippen molar-refractivity contribution in [3.63, 3.8) is 0 Å². The average molecular weight is 558 g/mol. The number of halogens is 15. The number of methoxy groups -OCH3 is 1. The van der Waals surface area contributed by atoms with Crippen molar-refractivity contribution in [2.45, 2.75) is 63.0 Å². The predicted molar refractivity (Wildman–Crippen MR) is 84.4 cm³/mol. The van der Waals surface area contributed by atoms with Gasteiger partial charge in [-0.05, 0) is 0 Å². The van der Waals surface area contributed by atoms with Crippen LogP contribution in [0.3, 0.4) is 0 Å². The van der Waals surface area contributed by atoms with Gasteiger partial charge in [-0.1, -0.05) is 6.58 Å². The van der Waals surface area contributed by atoms with Gasteiger partial charge in [0.2, 0.25) is 0 Å². The molecule has 0 heterocycles. The van der Waals surface area contributed by atoms with E-state index < -0.39 is 81.0 Å². The molecule has 0 unspecified atom stereocenters. The normalized spacial score (nSPS) is 14.7. The summed E-state index contributed by atoms with van der Waals surface area (Å²) in [7, 11) is 0.174. The molecule has 4 nitrogen and oxygen atoms in total. The molecule has 0 bridgehead atoms. The van der Waals surface area contributed by atoms with Crippen LogP contribution < -0.4 is 0 Å². The van der Waals surface area contributed by atoms with Crippen molar-refractivity contribution in [1.82, 2.24) is 0 Å². The summed E-state index contributed by atoms with van der Waals surface area (Å²) < 4.78 is 199. The first-order valence-corrected chi connectivity index (χ1v) is 8.35. The summed E-state index contributed by atoms with van der Waals surface area (Å²) in [4.78, 5) is 10.4. The minimum atomic E-state index is -6.48. The smallest absolute Gasteiger partial charge is 0.452 e. The van der Waals surface area contributed by atoms with Crippen LogP contribution in [0.1, 0.15) is 20.8 Å². The zero-order chi connectivity index (χ0) is 29.1. The first-order valence-electron chi connectivity index (χ1n) is 8.35. The first-order chi connectivity index (χ1) is 15.0. The molecule has 0 aromatic heterocycles. The highest BCUT2D eigenvalue weighted by Gasteiger charge is 2.86. The van der Waals surface area contributed by atoms with Crippen LogP contribution in [0.4, 0.5) is 65.9 Å². The molecule has 0 fully saturated rings. The number of ether oxygens (including phenoxy) is 3. The van der Waals surface area contributed by atoms with Gasteiger partial charge in [0, 0.05) is 34.0 Å². The molecular weight excluding hydrogens is 541 g/mol. The Morgan fingerprint density at radius 2 is 1.06 bits per heavy atom. The number of carbonyl (C=O) groups is 1. The van der Waals surface area contributed by atoms with Crippen molar-refractivity contribution >= 4 is 5.97 Å². The fourth-order valence-corrected chi connectivity index (χ4v) is 2.51. The summed E-state index contributed by atoms with van der Waals surface area (Å²) in [6, 6.07) is 0. The van der Waals surface area contributed by atoms with Crippen molar-refractivity contribution < 1.29 is 84.9 Å². The lowest BCUT2D eigenvalue weighted by Gasteiger charge is -2.46. The monoisotopic (exact) mass is 558 g/mol. The van der Waals surface area contributed by atoms with Gasteiger partial charge in [-0.3, -0.25) is 0 Å². The van der Waals surface area contributed by atoms with Gasteiger partial charge in [0.05, 0.1) is 0 Å². The molecule has 0 aliphatic rings. The molecule has 0 saturated carbocycles. The predicted octanol–water partition coefficient (Wildman–Crippen LogP) is 6.66. The lowest BCUT2D eigenvalue weighted by atomic mass is 9.70. The molecule has 19 heteroatoms. The Kier molecular flexibility index (Phi) is 10.7. The van der Waals surface area contributed by atoms with Gasteiger partial charge < -0.3 is 9.47 Å². The number of esters is 1. The SMILES string of the molecule is C=CC(=O)OCC(F)(F)OC(F)(F)C(F)(F)OC.CC(F)(F)C(C(C)(F)F)(C(C)(F)F)C(F)(F)F. The Labute approximate surface area is 187 Å². The van der Waals surface area contributed by atoms with Crippen LogP contribution in [0.2, 0.25) is 0 Å².